The van der Waals surface area contributed by atoms with Gasteiger partial charge in [0, 0.05) is 66.6 Å². The summed E-state index contributed by atoms with van der Waals surface area (Å²) in [4.78, 5) is 8.54. The molecule has 1 unspecified atom stereocenters. The van der Waals surface area contributed by atoms with E-state index in [0.29, 0.717) is 11.6 Å². The molecule has 44 heavy (non-hydrogen) atoms. The van der Waals surface area contributed by atoms with Crippen molar-refractivity contribution in [2.24, 2.45) is 0 Å². The average Bonchev–Trinajstić information content (AvgIpc) is 3.54. The molecule has 3 N–H and O–H groups in total. The van der Waals surface area contributed by atoms with Crippen molar-refractivity contribution in [3.63, 3.8) is 0 Å². The molecule has 0 saturated carbocycles. The van der Waals surface area contributed by atoms with Crippen LogP contribution in [0.1, 0.15) is 11.3 Å². The van der Waals surface area contributed by atoms with Crippen LogP contribution in [0.25, 0.3) is 11.1 Å². The van der Waals surface area contributed by atoms with Crippen molar-refractivity contribution in [2.75, 3.05) is 41.7 Å². The van der Waals surface area contributed by atoms with Crippen LogP contribution in [0.5, 0.6) is 0 Å². The fraction of sp³-hybridized carbons (Fsp3) is 0.226. The summed E-state index contributed by atoms with van der Waals surface area (Å²) in [5, 5.41) is 21.7. The van der Waals surface area contributed by atoms with Crippen molar-refractivity contribution in [3.8, 4) is 11.1 Å². The number of piperazine rings is 1. The lowest BCUT2D eigenvalue weighted by Gasteiger charge is -2.37. The Hall–Kier alpha value is -5.04. The first-order valence-electron chi connectivity index (χ1n) is 13.8. The van der Waals surface area contributed by atoms with Crippen molar-refractivity contribution in [2.45, 2.75) is 18.1 Å². The molecule has 0 spiro atoms. The first-order valence-corrected chi connectivity index (χ1v) is 13.8. The van der Waals surface area contributed by atoms with Gasteiger partial charge in [-0.15, -0.1) is 5.10 Å². The summed E-state index contributed by atoms with van der Waals surface area (Å²) < 4.78 is 61.3. The average molecular weight is 605 g/mol. The summed E-state index contributed by atoms with van der Waals surface area (Å²) in [6.07, 6.45) is 2.27. The molecule has 1 fully saturated rings. The van der Waals surface area contributed by atoms with E-state index in [1.54, 1.807) is 0 Å². The highest BCUT2D eigenvalue weighted by Crippen LogP contribution is 2.47. The molecule has 1 aliphatic heterocycles. The van der Waals surface area contributed by atoms with Gasteiger partial charge in [0.15, 0.2) is 5.60 Å². The molecule has 0 aliphatic carbocycles. The molecule has 0 radical (unpaired) electrons. The monoisotopic (exact) mass is 604 g/mol. The number of anilines is 3. The smallest absolute Gasteiger partial charge is 0.323 e. The summed E-state index contributed by atoms with van der Waals surface area (Å²) in [6.45, 7) is 2.45. The third kappa shape index (κ3) is 5.53. The van der Waals surface area contributed by atoms with Crippen LogP contribution in [0, 0.1) is 11.6 Å². The highest BCUT2D eigenvalue weighted by Gasteiger charge is 2.58. The number of nitrogens with two attached hydrogens (primary N) is 1. The Morgan fingerprint density at radius 1 is 0.795 bits per heavy atom. The molecule has 226 valence electrons. The van der Waals surface area contributed by atoms with E-state index in [1.165, 1.54) is 12.3 Å². The largest absolute Gasteiger partial charge is 0.399 e. The van der Waals surface area contributed by atoms with Gasteiger partial charge in [-0.05, 0) is 70.6 Å². The fourth-order valence-electron chi connectivity index (χ4n) is 5.40. The number of aromatic nitrogens is 5. The van der Waals surface area contributed by atoms with Crippen LogP contribution >= 0.6 is 0 Å². The molecular formula is C31H28F4N8O. The van der Waals surface area contributed by atoms with Crippen molar-refractivity contribution in [3.05, 3.63) is 114 Å². The Bertz CT molecular complexity index is 1710. The molecule has 1 atom stereocenters. The Kier molecular flexibility index (Phi) is 7.64. The Labute approximate surface area is 250 Å². The van der Waals surface area contributed by atoms with Gasteiger partial charge in [-0.2, -0.15) is 8.78 Å². The quantitative estimate of drug-likeness (QED) is 0.196. The number of aliphatic hydroxyl groups is 1. The fourth-order valence-corrected chi connectivity index (χ4v) is 5.40. The van der Waals surface area contributed by atoms with Crippen molar-refractivity contribution < 1.29 is 22.7 Å². The van der Waals surface area contributed by atoms with E-state index in [0.717, 1.165) is 78.0 Å². The van der Waals surface area contributed by atoms with Gasteiger partial charge in [0.25, 0.3) is 0 Å². The summed E-state index contributed by atoms with van der Waals surface area (Å²) >= 11 is 0. The van der Waals surface area contributed by atoms with Crippen LogP contribution in [0.2, 0.25) is 0 Å². The number of hydrogen-bond donors (Lipinski definition) is 2. The minimum absolute atomic E-state index is 0.427. The van der Waals surface area contributed by atoms with Crippen LogP contribution < -0.4 is 15.5 Å². The zero-order valence-electron chi connectivity index (χ0n) is 23.4. The number of tetrazole rings is 1. The normalized spacial score (nSPS) is 15.3. The van der Waals surface area contributed by atoms with E-state index in [-0.39, 0.29) is 0 Å². The van der Waals surface area contributed by atoms with E-state index >= 15 is 8.78 Å². The number of rotatable bonds is 8. The topological polar surface area (TPSA) is 109 Å². The maximum Gasteiger partial charge on any atom is 0.323 e. The number of nitrogen functional groups attached to an aromatic ring is 1. The maximum atomic E-state index is 16.0. The van der Waals surface area contributed by atoms with Crippen LogP contribution in [0.4, 0.5) is 34.6 Å². The number of hydrogen-bond acceptors (Lipinski definition) is 8. The van der Waals surface area contributed by atoms with Crippen LogP contribution in [0.3, 0.4) is 0 Å². The first-order chi connectivity index (χ1) is 21.1. The molecule has 3 aromatic carbocycles. The van der Waals surface area contributed by atoms with Crippen molar-refractivity contribution >= 4 is 17.1 Å². The Morgan fingerprint density at radius 2 is 1.41 bits per heavy atom. The van der Waals surface area contributed by atoms with Crippen molar-refractivity contribution in [1.82, 2.24) is 25.2 Å². The molecule has 13 heteroatoms. The van der Waals surface area contributed by atoms with Crippen molar-refractivity contribution in [1.29, 1.82) is 0 Å². The number of alkyl halides is 2. The van der Waals surface area contributed by atoms with Gasteiger partial charge >= 0.3 is 5.92 Å². The minimum atomic E-state index is -4.13. The second-order valence-corrected chi connectivity index (χ2v) is 10.6. The standard InChI is InChI=1S/C31H28F4N8O/c32-23-4-11-27(28(33)17-23)30(44,19-43-20-38-39-40-43)31(34,35)29-12-3-22(18-37-29)21-1-7-25(8-2-21)41-13-15-42(16-14-41)26-9-5-24(36)6-10-26/h1-12,17-18,20,44H,13-16,19,36H2. The van der Waals surface area contributed by atoms with E-state index in [2.05, 4.69) is 30.3 Å². The number of pyridine rings is 1. The van der Waals surface area contributed by atoms with Gasteiger partial charge in [-0.25, -0.2) is 13.5 Å². The Morgan fingerprint density at radius 3 is 1.95 bits per heavy atom. The molecule has 0 amide bonds. The predicted octanol–water partition coefficient (Wildman–Crippen LogP) is 4.60. The Balaban J connectivity index is 1.19. The molecule has 9 nitrogen and oxygen atoms in total. The number of benzene rings is 3. The molecule has 1 saturated heterocycles. The summed E-state index contributed by atoms with van der Waals surface area (Å²) in [6, 6.07) is 20.1. The second-order valence-electron chi connectivity index (χ2n) is 10.6. The highest BCUT2D eigenvalue weighted by molar-refractivity contribution is 5.66. The molecule has 2 aromatic heterocycles. The first kappa shape index (κ1) is 29.1. The lowest BCUT2D eigenvalue weighted by atomic mass is 9.84. The van der Waals surface area contributed by atoms with Gasteiger partial charge in [-0.1, -0.05) is 18.2 Å². The lowest BCUT2D eigenvalue weighted by molar-refractivity contribution is -0.207. The van der Waals surface area contributed by atoms with Gasteiger partial charge in [0.05, 0.1) is 6.54 Å². The van der Waals surface area contributed by atoms with Gasteiger partial charge in [0.2, 0.25) is 0 Å². The van der Waals surface area contributed by atoms with Gasteiger partial charge < -0.3 is 20.6 Å². The van der Waals surface area contributed by atoms with E-state index in [9.17, 15) is 13.9 Å². The molecule has 3 heterocycles. The maximum absolute atomic E-state index is 16.0. The lowest BCUT2D eigenvalue weighted by Crippen LogP contribution is -2.48. The highest BCUT2D eigenvalue weighted by atomic mass is 19.3. The third-order valence-electron chi connectivity index (χ3n) is 7.87. The minimum Gasteiger partial charge on any atom is -0.399 e. The summed E-state index contributed by atoms with van der Waals surface area (Å²) in [5.74, 6) is -6.45. The van der Waals surface area contributed by atoms with E-state index in [4.69, 9.17) is 5.73 Å². The molecule has 1 aliphatic rings. The van der Waals surface area contributed by atoms with Crippen LogP contribution in [0.15, 0.2) is 91.4 Å². The molecule has 0 bridgehead atoms. The molecule has 6 rings (SSSR count). The van der Waals surface area contributed by atoms with Crippen LogP contribution in [-0.4, -0.2) is 56.5 Å². The van der Waals surface area contributed by atoms with Crippen LogP contribution in [-0.2, 0) is 18.1 Å². The van der Waals surface area contributed by atoms with E-state index in [1.807, 2.05) is 48.5 Å². The predicted molar refractivity (Wildman–Crippen MR) is 157 cm³/mol. The summed E-state index contributed by atoms with van der Waals surface area (Å²) in [5.41, 5.74) is 5.19. The zero-order chi connectivity index (χ0) is 30.9. The van der Waals surface area contributed by atoms with E-state index < -0.39 is 41.0 Å². The molecule has 5 aromatic rings. The number of halogens is 4. The van der Waals surface area contributed by atoms with Gasteiger partial charge in [-0.3, -0.25) is 4.98 Å². The SMILES string of the molecule is Nc1ccc(N2CCN(c3ccc(-c4ccc(C(F)(F)C(O)(Cn5cnnn5)c5ccc(F)cc5F)nc4)cc3)CC2)cc1. The second kappa shape index (κ2) is 11.6. The molecular weight excluding hydrogens is 576 g/mol. The summed E-state index contributed by atoms with van der Waals surface area (Å²) in [7, 11) is 0. The van der Waals surface area contributed by atoms with Gasteiger partial charge in [0.1, 0.15) is 23.7 Å². The zero-order valence-corrected chi connectivity index (χ0v) is 23.4. The third-order valence-corrected chi connectivity index (χ3v) is 7.87. The number of nitrogens with zero attached hydrogens (tertiary/aromatic N) is 7.